The third-order valence-electron chi connectivity index (χ3n) is 4.18. The van der Waals surface area contributed by atoms with E-state index in [0.29, 0.717) is 16.7 Å². The van der Waals surface area contributed by atoms with Crippen LogP contribution in [-0.2, 0) is 10.5 Å². The lowest BCUT2D eigenvalue weighted by Gasteiger charge is -2.29. The van der Waals surface area contributed by atoms with Crippen LogP contribution in [0, 0.1) is 10.1 Å². The number of rotatable bonds is 4. The SMILES string of the molecule is O=C1OC(Oc2cccc([N+](=O)[O-])c2)(c2ccccc2)c2ccccc21. The number of carbonyl (C=O) groups is 1. The Morgan fingerprint density at radius 2 is 1.65 bits per heavy atom. The Morgan fingerprint density at radius 3 is 2.42 bits per heavy atom. The number of cyclic esters (lactones) is 1. The summed E-state index contributed by atoms with van der Waals surface area (Å²) < 4.78 is 11.8. The van der Waals surface area contributed by atoms with Crippen molar-refractivity contribution < 1.29 is 19.2 Å². The molecule has 3 aromatic carbocycles. The van der Waals surface area contributed by atoms with Crippen molar-refractivity contribution in [2.45, 2.75) is 5.79 Å². The Hall–Kier alpha value is -3.67. The Morgan fingerprint density at radius 1 is 0.923 bits per heavy atom. The number of esters is 1. The number of nitro benzene ring substituents is 1. The second-order valence-corrected chi connectivity index (χ2v) is 5.77. The molecule has 0 bridgehead atoms. The summed E-state index contributed by atoms with van der Waals surface area (Å²) in [6, 6.07) is 21.8. The van der Waals surface area contributed by atoms with E-state index >= 15 is 0 Å². The minimum absolute atomic E-state index is 0.108. The molecule has 0 N–H and O–H groups in total. The highest BCUT2D eigenvalue weighted by atomic mass is 16.7. The maximum Gasteiger partial charge on any atom is 0.342 e. The molecule has 0 spiro atoms. The van der Waals surface area contributed by atoms with E-state index in [1.165, 1.54) is 18.2 Å². The van der Waals surface area contributed by atoms with Crippen molar-refractivity contribution in [1.82, 2.24) is 0 Å². The molecular weight excluding hydrogens is 334 g/mol. The first-order chi connectivity index (χ1) is 12.6. The average Bonchev–Trinajstić information content (AvgIpc) is 2.96. The van der Waals surface area contributed by atoms with Crippen LogP contribution >= 0.6 is 0 Å². The molecule has 6 heteroatoms. The van der Waals surface area contributed by atoms with Crippen molar-refractivity contribution in [2.24, 2.45) is 0 Å². The van der Waals surface area contributed by atoms with Gasteiger partial charge in [0.2, 0.25) is 0 Å². The van der Waals surface area contributed by atoms with Crippen LogP contribution in [0.4, 0.5) is 5.69 Å². The summed E-state index contributed by atoms with van der Waals surface area (Å²) in [6.45, 7) is 0. The second kappa shape index (κ2) is 6.00. The Kier molecular flexibility index (Phi) is 3.65. The van der Waals surface area contributed by atoms with Crippen LogP contribution in [0.25, 0.3) is 0 Å². The van der Waals surface area contributed by atoms with E-state index in [1.807, 2.05) is 18.2 Å². The molecule has 4 rings (SSSR count). The topological polar surface area (TPSA) is 78.7 Å². The van der Waals surface area contributed by atoms with E-state index in [-0.39, 0.29) is 11.4 Å². The molecule has 6 nitrogen and oxygen atoms in total. The fourth-order valence-corrected chi connectivity index (χ4v) is 3.02. The molecule has 3 aromatic rings. The van der Waals surface area contributed by atoms with E-state index in [4.69, 9.17) is 9.47 Å². The number of ether oxygens (including phenoxy) is 2. The molecule has 0 fully saturated rings. The summed E-state index contributed by atoms with van der Waals surface area (Å²) in [5.74, 6) is -1.77. The molecule has 1 aliphatic heterocycles. The zero-order valence-electron chi connectivity index (χ0n) is 13.5. The first-order valence-corrected chi connectivity index (χ1v) is 7.92. The van der Waals surface area contributed by atoms with Gasteiger partial charge in [0.25, 0.3) is 5.69 Å². The summed E-state index contributed by atoms with van der Waals surface area (Å²) in [5, 5.41) is 11.1. The van der Waals surface area contributed by atoms with Crippen LogP contribution in [0.2, 0.25) is 0 Å². The third kappa shape index (κ3) is 2.48. The van der Waals surface area contributed by atoms with Crippen molar-refractivity contribution in [3.63, 3.8) is 0 Å². The second-order valence-electron chi connectivity index (χ2n) is 5.77. The summed E-state index contributed by atoms with van der Waals surface area (Å²) in [7, 11) is 0. The molecule has 0 radical (unpaired) electrons. The molecule has 0 aromatic heterocycles. The van der Waals surface area contributed by atoms with Crippen LogP contribution in [0.15, 0.2) is 78.9 Å². The highest BCUT2D eigenvalue weighted by Gasteiger charge is 2.49. The Labute approximate surface area is 148 Å². The average molecular weight is 347 g/mol. The minimum atomic E-state index is -1.50. The van der Waals surface area contributed by atoms with Gasteiger partial charge in [0.05, 0.1) is 22.1 Å². The molecule has 0 aliphatic carbocycles. The lowest BCUT2D eigenvalue weighted by Crippen LogP contribution is -2.34. The number of fused-ring (bicyclic) bond motifs is 1. The molecule has 1 unspecified atom stereocenters. The lowest BCUT2D eigenvalue weighted by molar-refractivity contribution is -0.385. The van der Waals surface area contributed by atoms with E-state index in [1.54, 1.807) is 42.5 Å². The summed E-state index contributed by atoms with van der Waals surface area (Å²) in [5.41, 5.74) is 1.47. The quantitative estimate of drug-likeness (QED) is 0.404. The van der Waals surface area contributed by atoms with Crippen molar-refractivity contribution in [3.8, 4) is 5.75 Å². The van der Waals surface area contributed by atoms with Crippen molar-refractivity contribution in [2.75, 3.05) is 0 Å². The van der Waals surface area contributed by atoms with E-state index in [0.717, 1.165) is 0 Å². The van der Waals surface area contributed by atoms with Gasteiger partial charge in [-0.05, 0) is 18.2 Å². The molecular formula is C20H13NO5. The normalized spacial score (nSPS) is 18.1. The van der Waals surface area contributed by atoms with Gasteiger partial charge < -0.3 is 9.47 Å². The molecule has 1 atom stereocenters. The van der Waals surface area contributed by atoms with Crippen molar-refractivity contribution in [3.05, 3.63) is 106 Å². The van der Waals surface area contributed by atoms with Gasteiger partial charge in [-0.15, -0.1) is 0 Å². The van der Waals surface area contributed by atoms with Gasteiger partial charge in [0.15, 0.2) is 0 Å². The smallest absolute Gasteiger partial charge is 0.342 e. The van der Waals surface area contributed by atoms with Crippen LogP contribution in [0.3, 0.4) is 0 Å². The first-order valence-electron chi connectivity index (χ1n) is 7.92. The maximum atomic E-state index is 12.4. The minimum Gasteiger partial charge on any atom is -0.444 e. The Bertz CT molecular complexity index is 1000. The Balaban J connectivity index is 1.88. The summed E-state index contributed by atoms with van der Waals surface area (Å²) in [6.07, 6.45) is 0. The molecule has 0 saturated heterocycles. The molecule has 1 heterocycles. The number of nitro groups is 1. The van der Waals surface area contributed by atoms with Gasteiger partial charge in [-0.25, -0.2) is 4.79 Å². The zero-order chi connectivity index (χ0) is 18.1. The highest BCUT2D eigenvalue weighted by molar-refractivity contribution is 5.95. The van der Waals surface area contributed by atoms with Gasteiger partial charge in [-0.3, -0.25) is 10.1 Å². The summed E-state index contributed by atoms with van der Waals surface area (Å²) >= 11 is 0. The molecule has 128 valence electrons. The zero-order valence-corrected chi connectivity index (χ0v) is 13.5. The molecule has 1 aliphatic rings. The third-order valence-corrected chi connectivity index (χ3v) is 4.18. The van der Waals surface area contributed by atoms with E-state index in [2.05, 4.69) is 0 Å². The first kappa shape index (κ1) is 15.8. The molecule has 0 amide bonds. The van der Waals surface area contributed by atoms with Gasteiger partial charge >= 0.3 is 11.8 Å². The number of hydrogen-bond acceptors (Lipinski definition) is 5. The monoisotopic (exact) mass is 347 g/mol. The van der Waals surface area contributed by atoms with Crippen LogP contribution in [0.5, 0.6) is 5.75 Å². The number of carbonyl (C=O) groups excluding carboxylic acids is 1. The number of non-ortho nitro benzene ring substituents is 1. The predicted octanol–water partition coefficient (Wildman–Crippen LogP) is 4.05. The fraction of sp³-hybridized carbons (Fsp3) is 0.0500. The van der Waals surface area contributed by atoms with E-state index in [9.17, 15) is 14.9 Å². The van der Waals surface area contributed by atoms with Crippen molar-refractivity contribution in [1.29, 1.82) is 0 Å². The predicted molar refractivity (Wildman–Crippen MR) is 92.8 cm³/mol. The van der Waals surface area contributed by atoms with Gasteiger partial charge in [-0.2, -0.15) is 0 Å². The fourth-order valence-electron chi connectivity index (χ4n) is 3.02. The van der Waals surface area contributed by atoms with Gasteiger partial charge in [0.1, 0.15) is 5.75 Å². The van der Waals surface area contributed by atoms with Crippen LogP contribution in [-0.4, -0.2) is 10.9 Å². The maximum absolute atomic E-state index is 12.4. The van der Waals surface area contributed by atoms with Gasteiger partial charge in [-0.1, -0.05) is 48.5 Å². The largest absolute Gasteiger partial charge is 0.444 e. The van der Waals surface area contributed by atoms with Crippen molar-refractivity contribution >= 4 is 11.7 Å². The van der Waals surface area contributed by atoms with E-state index < -0.39 is 16.7 Å². The standard InChI is InChI=1S/C20H13NO5/c22-19-17-11-4-5-12-18(17)20(26-19,14-7-2-1-3-8-14)25-16-10-6-9-15(13-16)21(23)24/h1-13H. The molecule has 26 heavy (non-hydrogen) atoms. The van der Waals surface area contributed by atoms with Crippen LogP contribution < -0.4 is 4.74 Å². The van der Waals surface area contributed by atoms with Gasteiger partial charge in [0, 0.05) is 11.6 Å². The number of nitrogens with zero attached hydrogens (tertiary/aromatic N) is 1. The number of benzene rings is 3. The summed E-state index contributed by atoms with van der Waals surface area (Å²) in [4.78, 5) is 23.0. The number of hydrogen-bond donors (Lipinski definition) is 0. The molecule has 0 saturated carbocycles. The highest BCUT2D eigenvalue weighted by Crippen LogP contribution is 2.43. The van der Waals surface area contributed by atoms with Crippen LogP contribution in [0.1, 0.15) is 21.5 Å². The lowest BCUT2D eigenvalue weighted by atomic mass is 9.95.